The molecule has 0 aromatic heterocycles. The molecule has 1 fully saturated rings. The molecule has 4 nitrogen and oxygen atoms in total. The van der Waals surface area contributed by atoms with Crippen molar-refractivity contribution in [1.29, 1.82) is 0 Å². The predicted molar refractivity (Wildman–Crippen MR) is 132 cm³/mol. The van der Waals surface area contributed by atoms with Gasteiger partial charge >= 0.3 is 0 Å². The van der Waals surface area contributed by atoms with Crippen LogP contribution in [0.3, 0.4) is 0 Å². The summed E-state index contributed by atoms with van der Waals surface area (Å²) in [6, 6.07) is 28.9. The van der Waals surface area contributed by atoms with Crippen LogP contribution in [-0.2, 0) is 14.9 Å². The van der Waals surface area contributed by atoms with Gasteiger partial charge in [-0.25, -0.2) is 0 Å². The summed E-state index contributed by atoms with van der Waals surface area (Å²) in [5.74, 6) is 0.981. The van der Waals surface area contributed by atoms with Crippen LogP contribution >= 0.6 is 0 Å². The summed E-state index contributed by atoms with van der Waals surface area (Å²) < 4.78 is 11.3. The zero-order valence-corrected chi connectivity index (χ0v) is 19.3. The van der Waals surface area contributed by atoms with E-state index < -0.39 is 0 Å². The second kappa shape index (κ2) is 11.2. The number of amides is 1. The topological polar surface area (TPSA) is 47.6 Å². The van der Waals surface area contributed by atoms with Crippen molar-refractivity contribution in [3.8, 4) is 5.75 Å². The maximum Gasteiger partial charge on any atom is 0.220 e. The molecule has 0 spiro atoms. The Kier molecular flexibility index (Phi) is 7.79. The molecule has 3 aromatic rings. The summed E-state index contributed by atoms with van der Waals surface area (Å²) in [4.78, 5) is 13.2. The van der Waals surface area contributed by atoms with Crippen molar-refractivity contribution < 1.29 is 14.3 Å². The van der Waals surface area contributed by atoms with Crippen molar-refractivity contribution >= 4 is 5.91 Å². The average molecular weight is 444 g/mol. The Morgan fingerprint density at radius 3 is 2.03 bits per heavy atom. The summed E-state index contributed by atoms with van der Waals surface area (Å²) in [7, 11) is 0. The van der Waals surface area contributed by atoms with Gasteiger partial charge in [0.15, 0.2) is 0 Å². The third-order valence-corrected chi connectivity index (χ3v) is 6.64. The van der Waals surface area contributed by atoms with Crippen molar-refractivity contribution in [1.82, 2.24) is 5.32 Å². The van der Waals surface area contributed by atoms with Crippen LogP contribution < -0.4 is 10.1 Å². The van der Waals surface area contributed by atoms with E-state index in [4.69, 9.17) is 9.47 Å². The SMILES string of the molecule is CCOc1ccc(C2(CNC(=O)CC(c3ccccc3)c3ccccc3)CCOCC2)cc1. The van der Waals surface area contributed by atoms with Gasteiger partial charge < -0.3 is 14.8 Å². The number of hydrogen-bond acceptors (Lipinski definition) is 3. The number of hydrogen-bond donors (Lipinski definition) is 1. The first-order chi connectivity index (χ1) is 16.2. The van der Waals surface area contributed by atoms with Gasteiger partial charge in [-0.2, -0.15) is 0 Å². The Morgan fingerprint density at radius 1 is 0.909 bits per heavy atom. The molecular formula is C29H33NO3. The van der Waals surface area contributed by atoms with E-state index in [9.17, 15) is 4.79 Å². The average Bonchev–Trinajstić information content (AvgIpc) is 2.88. The Morgan fingerprint density at radius 2 is 1.48 bits per heavy atom. The van der Waals surface area contributed by atoms with Crippen LogP contribution in [0, 0.1) is 0 Å². The van der Waals surface area contributed by atoms with Gasteiger partial charge in [0.25, 0.3) is 0 Å². The van der Waals surface area contributed by atoms with Crippen LogP contribution in [0.2, 0.25) is 0 Å². The van der Waals surface area contributed by atoms with E-state index in [1.807, 2.05) is 55.5 Å². The molecule has 4 rings (SSSR count). The zero-order chi connectivity index (χ0) is 22.9. The molecule has 0 bridgehead atoms. The van der Waals surface area contributed by atoms with Crippen molar-refractivity contribution in [2.45, 2.75) is 37.5 Å². The zero-order valence-electron chi connectivity index (χ0n) is 19.3. The monoisotopic (exact) mass is 443 g/mol. The molecule has 0 atom stereocenters. The van der Waals surface area contributed by atoms with Gasteiger partial charge in [-0.1, -0.05) is 72.8 Å². The van der Waals surface area contributed by atoms with E-state index in [1.54, 1.807) is 0 Å². The maximum atomic E-state index is 13.2. The molecule has 0 unspecified atom stereocenters. The predicted octanol–water partition coefficient (Wildman–Crippen LogP) is 5.47. The van der Waals surface area contributed by atoms with Crippen molar-refractivity contribution in [3.05, 3.63) is 102 Å². The Labute approximate surface area is 196 Å². The standard InChI is InChI=1S/C29H33NO3/c1-2-33-26-15-13-25(14-16-26)29(17-19-32-20-18-29)22-30-28(31)21-27(23-9-5-3-6-10-23)24-11-7-4-8-12-24/h3-16,27H,2,17-22H2,1H3,(H,30,31). The summed E-state index contributed by atoms with van der Waals surface area (Å²) in [5, 5.41) is 3.28. The van der Waals surface area contributed by atoms with Crippen LogP contribution in [0.5, 0.6) is 5.75 Å². The van der Waals surface area contributed by atoms with E-state index in [0.717, 1.165) is 29.7 Å². The highest BCUT2D eigenvalue weighted by Gasteiger charge is 2.35. The first kappa shape index (κ1) is 23.1. The van der Waals surface area contributed by atoms with Crippen molar-refractivity contribution in [2.24, 2.45) is 0 Å². The highest BCUT2D eigenvalue weighted by molar-refractivity contribution is 5.77. The summed E-state index contributed by atoms with van der Waals surface area (Å²) >= 11 is 0. The number of carbonyl (C=O) groups is 1. The third-order valence-electron chi connectivity index (χ3n) is 6.64. The van der Waals surface area contributed by atoms with Crippen molar-refractivity contribution in [2.75, 3.05) is 26.4 Å². The minimum atomic E-state index is -0.117. The first-order valence-corrected chi connectivity index (χ1v) is 11.9. The molecule has 3 aromatic carbocycles. The van der Waals surface area contributed by atoms with Gasteiger partial charge in [-0.15, -0.1) is 0 Å². The minimum absolute atomic E-state index is 0.0310. The first-order valence-electron chi connectivity index (χ1n) is 11.9. The van der Waals surface area contributed by atoms with E-state index in [2.05, 4.69) is 41.7 Å². The number of ether oxygens (including phenoxy) is 2. The molecule has 172 valence electrons. The van der Waals surface area contributed by atoms with Crippen molar-refractivity contribution in [3.63, 3.8) is 0 Å². The quantitative estimate of drug-likeness (QED) is 0.477. The fourth-order valence-corrected chi connectivity index (χ4v) is 4.73. The van der Waals surface area contributed by atoms with E-state index in [-0.39, 0.29) is 17.2 Å². The van der Waals surface area contributed by atoms with Crippen LogP contribution in [0.25, 0.3) is 0 Å². The largest absolute Gasteiger partial charge is 0.494 e. The second-order valence-electron chi connectivity index (χ2n) is 8.70. The molecule has 1 N–H and O–H groups in total. The lowest BCUT2D eigenvalue weighted by Gasteiger charge is -2.38. The van der Waals surface area contributed by atoms with Gasteiger partial charge in [-0.05, 0) is 48.6 Å². The molecule has 0 saturated carbocycles. The summed E-state index contributed by atoms with van der Waals surface area (Å²) in [6.07, 6.45) is 2.20. The number of nitrogens with one attached hydrogen (secondary N) is 1. The van der Waals surface area contributed by atoms with Crippen LogP contribution in [0.1, 0.15) is 48.8 Å². The molecule has 1 aliphatic heterocycles. The highest BCUT2D eigenvalue weighted by atomic mass is 16.5. The van der Waals surface area contributed by atoms with Gasteiger partial charge in [0, 0.05) is 37.5 Å². The number of benzene rings is 3. The van der Waals surface area contributed by atoms with Gasteiger partial charge in [0.2, 0.25) is 5.91 Å². The Bertz CT molecular complexity index is 957. The molecule has 4 heteroatoms. The summed E-state index contributed by atoms with van der Waals surface area (Å²) in [5.41, 5.74) is 3.43. The lowest BCUT2D eigenvalue weighted by molar-refractivity contribution is -0.121. The molecule has 1 aliphatic rings. The fraction of sp³-hybridized carbons (Fsp3) is 0.345. The van der Waals surface area contributed by atoms with Gasteiger partial charge in [0.05, 0.1) is 6.61 Å². The van der Waals surface area contributed by atoms with Crippen LogP contribution in [-0.4, -0.2) is 32.3 Å². The molecule has 1 amide bonds. The minimum Gasteiger partial charge on any atom is -0.494 e. The Hall–Kier alpha value is -3.11. The lowest BCUT2D eigenvalue weighted by Crippen LogP contribution is -2.44. The van der Waals surface area contributed by atoms with E-state index in [0.29, 0.717) is 32.8 Å². The van der Waals surface area contributed by atoms with E-state index in [1.165, 1.54) is 5.56 Å². The molecule has 0 aliphatic carbocycles. The normalized spacial score (nSPS) is 15.2. The molecule has 33 heavy (non-hydrogen) atoms. The fourth-order valence-electron chi connectivity index (χ4n) is 4.73. The molecule has 0 radical (unpaired) electrons. The third kappa shape index (κ3) is 5.82. The number of rotatable bonds is 9. The highest BCUT2D eigenvalue weighted by Crippen LogP contribution is 2.35. The second-order valence-corrected chi connectivity index (χ2v) is 8.70. The van der Waals surface area contributed by atoms with Crippen LogP contribution in [0.4, 0.5) is 0 Å². The molecular weight excluding hydrogens is 410 g/mol. The lowest BCUT2D eigenvalue weighted by atomic mass is 9.74. The Balaban J connectivity index is 1.48. The van der Waals surface area contributed by atoms with Crippen LogP contribution in [0.15, 0.2) is 84.9 Å². The maximum absolute atomic E-state index is 13.2. The van der Waals surface area contributed by atoms with E-state index >= 15 is 0 Å². The molecule has 1 heterocycles. The number of carbonyl (C=O) groups excluding carboxylic acids is 1. The smallest absolute Gasteiger partial charge is 0.220 e. The van der Waals surface area contributed by atoms with Gasteiger partial charge in [-0.3, -0.25) is 4.79 Å². The molecule has 1 saturated heterocycles. The summed E-state index contributed by atoms with van der Waals surface area (Å²) in [6.45, 7) is 4.67. The van der Waals surface area contributed by atoms with Gasteiger partial charge in [0.1, 0.15) is 5.75 Å².